The van der Waals surface area contributed by atoms with Crippen molar-refractivity contribution in [1.29, 1.82) is 0 Å². The number of amides is 2. The molecule has 2 aromatic rings. The van der Waals surface area contributed by atoms with E-state index in [9.17, 15) is 18.4 Å². The van der Waals surface area contributed by atoms with Crippen LogP contribution in [-0.2, 0) is 4.79 Å². The third-order valence-electron chi connectivity index (χ3n) is 4.80. The number of ether oxygens (including phenoxy) is 1. The second-order valence-electron chi connectivity index (χ2n) is 6.96. The highest BCUT2D eigenvalue weighted by atomic mass is 19.3. The van der Waals surface area contributed by atoms with Crippen LogP contribution in [0.5, 0.6) is 5.75 Å². The quantitative estimate of drug-likeness (QED) is 0.801. The number of rotatable bonds is 6. The number of carbonyl (C=O) groups is 2. The zero-order valence-corrected chi connectivity index (χ0v) is 16.3. The molecule has 0 spiro atoms. The summed E-state index contributed by atoms with van der Waals surface area (Å²) in [7, 11) is 3.84. The summed E-state index contributed by atoms with van der Waals surface area (Å²) in [5.74, 6) is -1.000. The standard InChI is InChI=1S/C21H23F2N3O3/c1-25(2)15-11-9-14(10-12-15)24-19(27)17-7-5-13-26(17)20(28)16-6-3-4-8-18(16)29-21(22)23/h3-4,6,8-12,17,21H,5,7,13H2,1-2H3,(H,24,27). The second kappa shape index (κ2) is 8.89. The largest absolute Gasteiger partial charge is 0.434 e. The van der Waals surface area contributed by atoms with E-state index in [2.05, 4.69) is 10.1 Å². The number of alkyl halides is 2. The number of anilines is 2. The highest BCUT2D eigenvalue weighted by Crippen LogP contribution is 2.27. The van der Waals surface area contributed by atoms with Gasteiger partial charge in [-0.15, -0.1) is 0 Å². The third kappa shape index (κ3) is 4.82. The van der Waals surface area contributed by atoms with Gasteiger partial charge in [0.05, 0.1) is 5.56 Å². The minimum Gasteiger partial charge on any atom is -0.434 e. The van der Waals surface area contributed by atoms with E-state index in [1.807, 2.05) is 31.1 Å². The van der Waals surface area contributed by atoms with Crippen LogP contribution in [0.3, 0.4) is 0 Å². The number of likely N-dealkylation sites (tertiary alicyclic amines) is 1. The molecule has 3 rings (SSSR count). The molecule has 154 valence electrons. The van der Waals surface area contributed by atoms with Crippen LogP contribution in [0.1, 0.15) is 23.2 Å². The molecule has 1 fully saturated rings. The maximum atomic E-state index is 13.0. The fraction of sp³-hybridized carbons (Fsp3) is 0.333. The molecule has 1 aliphatic heterocycles. The summed E-state index contributed by atoms with van der Waals surface area (Å²) in [6, 6.07) is 12.5. The molecule has 6 nitrogen and oxygen atoms in total. The predicted molar refractivity (Wildman–Crippen MR) is 107 cm³/mol. The van der Waals surface area contributed by atoms with Crippen LogP contribution in [0.15, 0.2) is 48.5 Å². The van der Waals surface area contributed by atoms with E-state index in [4.69, 9.17) is 0 Å². The van der Waals surface area contributed by atoms with E-state index >= 15 is 0 Å². The summed E-state index contributed by atoms with van der Waals surface area (Å²) in [6.07, 6.45) is 1.16. The van der Waals surface area contributed by atoms with E-state index in [0.717, 1.165) is 5.69 Å². The zero-order valence-electron chi connectivity index (χ0n) is 16.3. The van der Waals surface area contributed by atoms with E-state index in [1.54, 1.807) is 18.2 Å². The van der Waals surface area contributed by atoms with Gasteiger partial charge in [0.25, 0.3) is 5.91 Å². The van der Waals surface area contributed by atoms with Gasteiger partial charge in [-0.3, -0.25) is 9.59 Å². The fourth-order valence-corrected chi connectivity index (χ4v) is 3.35. The first-order valence-corrected chi connectivity index (χ1v) is 9.30. The van der Waals surface area contributed by atoms with Crippen LogP contribution in [0.25, 0.3) is 0 Å². The van der Waals surface area contributed by atoms with Crippen molar-refractivity contribution in [3.05, 3.63) is 54.1 Å². The molecule has 1 N–H and O–H groups in total. The molecule has 0 aromatic heterocycles. The molecule has 0 saturated carbocycles. The van der Waals surface area contributed by atoms with Crippen molar-refractivity contribution in [3.8, 4) is 5.75 Å². The highest BCUT2D eigenvalue weighted by Gasteiger charge is 2.35. The van der Waals surface area contributed by atoms with Gasteiger partial charge in [-0.25, -0.2) is 0 Å². The number of nitrogens with zero attached hydrogens (tertiary/aromatic N) is 2. The molecule has 0 aliphatic carbocycles. The molecular weight excluding hydrogens is 380 g/mol. The van der Waals surface area contributed by atoms with Gasteiger partial charge in [-0.05, 0) is 49.2 Å². The van der Waals surface area contributed by atoms with Crippen molar-refractivity contribution in [1.82, 2.24) is 4.90 Å². The topological polar surface area (TPSA) is 61.9 Å². The smallest absolute Gasteiger partial charge is 0.387 e. The van der Waals surface area contributed by atoms with Gasteiger partial charge < -0.3 is 19.9 Å². The molecule has 1 atom stereocenters. The maximum Gasteiger partial charge on any atom is 0.387 e. The van der Waals surface area contributed by atoms with Crippen molar-refractivity contribution in [3.63, 3.8) is 0 Å². The normalized spacial score (nSPS) is 16.0. The lowest BCUT2D eigenvalue weighted by Gasteiger charge is -2.25. The zero-order chi connectivity index (χ0) is 21.0. The van der Waals surface area contributed by atoms with Gasteiger partial charge in [-0.1, -0.05) is 12.1 Å². The van der Waals surface area contributed by atoms with Gasteiger partial charge in [0, 0.05) is 32.0 Å². The Bertz CT molecular complexity index is 872. The Labute approximate surface area is 168 Å². The molecule has 29 heavy (non-hydrogen) atoms. The van der Waals surface area contributed by atoms with Gasteiger partial charge in [-0.2, -0.15) is 8.78 Å². The third-order valence-corrected chi connectivity index (χ3v) is 4.80. The van der Waals surface area contributed by atoms with Crippen molar-refractivity contribution in [2.24, 2.45) is 0 Å². The van der Waals surface area contributed by atoms with E-state index in [1.165, 1.54) is 23.1 Å². The predicted octanol–water partition coefficient (Wildman–Crippen LogP) is 3.60. The van der Waals surface area contributed by atoms with Crippen LogP contribution in [-0.4, -0.2) is 50.0 Å². The molecule has 0 radical (unpaired) electrons. The molecule has 1 saturated heterocycles. The Morgan fingerprint density at radius 3 is 2.48 bits per heavy atom. The summed E-state index contributed by atoms with van der Waals surface area (Å²) in [6.45, 7) is -2.66. The van der Waals surface area contributed by atoms with Crippen LogP contribution in [0.2, 0.25) is 0 Å². The summed E-state index contributed by atoms with van der Waals surface area (Å²) in [5, 5.41) is 2.83. The minimum absolute atomic E-state index is 0.0165. The van der Waals surface area contributed by atoms with Gasteiger partial charge in [0.15, 0.2) is 0 Å². The Kier molecular flexibility index (Phi) is 6.31. The van der Waals surface area contributed by atoms with Crippen molar-refractivity contribution in [2.45, 2.75) is 25.5 Å². The van der Waals surface area contributed by atoms with Crippen molar-refractivity contribution in [2.75, 3.05) is 30.9 Å². The summed E-state index contributed by atoms with van der Waals surface area (Å²) >= 11 is 0. The number of hydrogen-bond donors (Lipinski definition) is 1. The average Bonchev–Trinajstić information content (AvgIpc) is 3.18. The van der Waals surface area contributed by atoms with Gasteiger partial charge in [0.2, 0.25) is 5.91 Å². The SMILES string of the molecule is CN(C)c1ccc(NC(=O)C2CCCN2C(=O)c2ccccc2OC(F)F)cc1. The molecule has 2 aromatic carbocycles. The number of hydrogen-bond acceptors (Lipinski definition) is 4. The molecule has 2 amide bonds. The van der Waals surface area contributed by atoms with Crippen LogP contribution < -0.4 is 15.0 Å². The molecule has 0 bridgehead atoms. The molecule has 1 heterocycles. The Morgan fingerprint density at radius 1 is 1.14 bits per heavy atom. The Balaban J connectivity index is 1.74. The Hall–Kier alpha value is -3.16. The maximum absolute atomic E-state index is 13.0. The van der Waals surface area contributed by atoms with E-state index < -0.39 is 18.6 Å². The number of halogens is 2. The lowest BCUT2D eigenvalue weighted by molar-refractivity contribution is -0.119. The van der Waals surface area contributed by atoms with Gasteiger partial charge >= 0.3 is 6.61 Å². The van der Waals surface area contributed by atoms with E-state index in [0.29, 0.717) is 25.1 Å². The fourth-order valence-electron chi connectivity index (χ4n) is 3.35. The van der Waals surface area contributed by atoms with Crippen LogP contribution in [0, 0.1) is 0 Å². The minimum atomic E-state index is -3.04. The first-order chi connectivity index (χ1) is 13.9. The first-order valence-electron chi connectivity index (χ1n) is 9.30. The molecular formula is C21H23F2N3O3. The van der Waals surface area contributed by atoms with Crippen LogP contribution >= 0.6 is 0 Å². The molecule has 1 aliphatic rings. The van der Waals surface area contributed by atoms with E-state index in [-0.39, 0.29) is 17.2 Å². The summed E-state index contributed by atoms with van der Waals surface area (Å²) < 4.78 is 29.8. The number of benzene rings is 2. The molecule has 1 unspecified atom stereocenters. The average molecular weight is 403 g/mol. The monoisotopic (exact) mass is 403 g/mol. The highest BCUT2D eigenvalue weighted by molar-refractivity contribution is 6.02. The van der Waals surface area contributed by atoms with Crippen LogP contribution in [0.4, 0.5) is 20.2 Å². The summed E-state index contributed by atoms with van der Waals surface area (Å²) in [5.41, 5.74) is 1.64. The first kappa shape index (κ1) is 20.6. The Morgan fingerprint density at radius 2 is 1.83 bits per heavy atom. The van der Waals surface area contributed by atoms with Crippen molar-refractivity contribution >= 4 is 23.2 Å². The number of carbonyl (C=O) groups excluding carboxylic acids is 2. The van der Waals surface area contributed by atoms with Gasteiger partial charge in [0.1, 0.15) is 11.8 Å². The second-order valence-corrected chi connectivity index (χ2v) is 6.96. The summed E-state index contributed by atoms with van der Waals surface area (Å²) in [4.78, 5) is 29.1. The number of para-hydroxylation sites is 1. The molecule has 8 heteroatoms. The number of nitrogens with one attached hydrogen (secondary N) is 1. The van der Waals surface area contributed by atoms with Crippen molar-refractivity contribution < 1.29 is 23.1 Å². The lowest BCUT2D eigenvalue weighted by atomic mass is 10.1. The lowest BCUT2D eigenvalue weighted by Crippen LogP contribution is -2.43.